The maximum absolute atomic E-state index is 12.0. The molecule has 0 aliphatic carbocycles. The molecular weight excluding hydrogens is 316 g/mol. The first-order valence-electron chi connectivity index (χ1n) is 8.27. The first-order chi connectivity index (χ1) is 11.3. The molecule has 2 heterocycles. The van der Waals surface area contributed by atoms with Crippen LogP contribution in [0.3, 0.4) is 0 Å². The molecule has 2 aliphatic heterocycles. The Morgan fingerprint density at radius 2 is 1.75 bits per heavy atom. The monoisotopic (exact) mass is 340 g/mol. The van der Waals surface area contributed by atoms with E-state index >= 15 is 0 Å². The number of hydrogen-bond acceptors (Lipinski definition) is 6. The van der Waals surface area contributed by atoms with Gasteiger partial charge in [0.2, 0.25) is 0 Å². The van der Waals surface area contributed by atoms with Crippen LogP contribution >= 0.6 is 0 Å². The Hall–Kier alpha value is -2.12. The summed E-state index contributed by atoms with van der Waals surface area (Å²) >= 11 is 0. The number of nitrogens with one attached hydrogen (secondary N) is 2. The molecule has 4 atom stereocenters. The Kier molecular flexibility index (Phi) is 5.80. The van der Waals surface area contributed by atoms with Crippen LogP contribution in [-0.2, 0) is 28.7 Å². The number of ether oxygens (including phenoxy) is 2. The summed E-state index contributed by atoms with van der Waals surface area (Å²) in [6.45, 7) is 5.43. The van der Waals surface area contributed by atoms with E-state index in [2.05, 4.69) is 10.6 Å². The van der Waals surface area contributed by atoms with Gasteiger partial charge in [-0.25, -0.2) is 0 Å². The number of esters is 2. The minimum atomic E-state index is -0.774. The van der Waals surface area contributed by atoms with E-state index in [1.54, 1.807) is 6.92 Å². The zero-order valence-electron chi connectivity index (χ0n) is 14.2. The molecule has 0 bridgehead atoms. The Morgan fingerprint density at radius 1 is 1.08 bits per heavy atom. The van der Waals surface area contributed by atoms with E-state index < -0.39 is 24.1 Å². The number of cyclic esters (lactones) is 2. The summed E-state index contributed by atoms with van der Waals surface area (Å²) in [5.41, 5.74) is 0. The van der Waals surface area contributed by atoms with Crippen molar-refractivity contribution < 1.29 is 28.7 Å². The predicted octanol–water partition coefficient (Wildman–Crippen LogP) is 0.0431. The average molecular weight is 340 g/mol. The fraction of sp³-hybridized carbons (Fsp3) is 0.750. The first kappa shape index (κ1) is 18.2. The molecule has 0 aromatic rings. The molecule has 0 saturated carbocycles. The summed E-state index contributed by atoms with van der Waals surface area (Å²) in [6, 6.07) is -0.316. The lowest BCUT2D eigenvalue weighted by Gasteiger charge is -2.18. The van der Waals surface area contributed by atoms with E-state index in [1.165, 1.54) is 0 Å². The summed E-state index contributed by atoms with van der Waals surface area (Å²) in [5, 5.41) is 5.46. The largest absolute Gasteiger partial charge is 0.452 e. The minimum absolute atomic E-state index is 0.0254. The van der Waals surface area contributed by atoms with Crippen LogP contribution in [0.25, 0.3) is 0 Å². The molecular formula is C16H24N2O6. The third-order valence-corrected chi connectivity index (χ3v) is 4.02. The van der Waals surface area contributed by atoms with E-state index in [0.29, 0.717) is 19.3 Å². The SMILES string of the molecule is CC(C)NC(=O)[C@H]1CC(CC(C)NC(=O)[C@@H]2CCC(=O)O2)C(=O)O1. The van der Waals surface area contributed by atoms with Gasteiger partial charge in [-0.15, -0.1) is 0 Å². The number of carbonyl (C=O) groups is 4. The van der Waals surface area contributed by atoms with Gasteiger partial charge < -0.3 is 20.1 Å². The smallest absolute Gasteiger partial charge is 0.309 e. The van der Waals surface area contributed by atoms with E-state index in [-0.39, 0.29) is 36.3 Å². The van der Waals surface area contributed by atoms with Crippen molar-refractivity contribution in [3.8, 4) is 0 Å². The van der Waals surface area contributed by atoms with Crippen molar-refractivity contribution in [1.82, 2.24) is 10.6 Å². The zero-order chi connectivity index (χ0) is 17.9. The van der Waals surface area contributed by atoms with Crippen molar-refractivity contribution in [3.05, 3.63) is 0 Å². The fourth-order valence-corrected chi connectivity index (χ4v) is 2.90. The lowest BCUT2D eigenvalue weighted by atomic mass is 9.96. The Morgan fingerprint density at radius 3 is 2.33 bits per heavy atom. The van der Waals surface area contributed by atoms with Gasteiger partial charge in [-0.2, -0.15) is 0 Å². The molecule has 134 valence electrons. The van der Waals surface area contributed by atoms with Gasteiger partial charge in [0, 0.05) is 31.3 Å². The van der Waals surface area contributed by atoms with Gasteiger partial charge in [0.1, 0.15) is 0 Å². The second kappa shape index (κ2) is 7.63. The van der Waals surface area contributed by atoms with Crippen LogP contribution in [0.4, 0.5) is 0 Å². The van der Waals surface area contributed by atoms with Gasteiger partial charge >= 0.3 is 11.9 Å². The Balaban J connectivity index is 1.80. The van der Waals surface area contributed by atoms with Gasteiger partial charge in [0.25, 0.3) is 11.8 Å². The molecule has 2 rings (SSSR count). The van der Waals surface area contributed by atoms with Crippen molar-refractivity contribution in [2.75, 3.05) is 0 Å². The number of hydrogen-bond donors (Lipinski definition) is 2. The maximum Gasteiger partial charge on any atom is 0.309 e. The second-order valence-electron chi connectivity index (χ2n) is 6.68. The molecule has 0 spiro atoms. The minimum Gasteiger partial charge on any atom is -0.452 e. The van der Waals surface area contributed by atoms with E-state index in [4.69, 9.17) is 9.47 Å². The molecule has 2 N–H and O–H groups in total. The molecule has 2 saturated heterocycles. The number of rotatable bonds is 6. The fourth-order valence-electron chi connectivity index (χ4n) is 2.90. The summed E-state index contributed by atoms with van der Waals surface area (Å²) in [7, 11) is 0. The average Bonchev–Trinajstić information content (AvgIpc) is 3.05. The number of carbonyl (C=O) groups excluding carboxylic acids is 4. The summed E-state index contributed by atoms with van der Waals surface area (Å²) in [6.07, 6.45) is -0.232. The van der Waals surface area contributed by atoms with Crippen LogP contribution in [-0.4, -0.2) is 48.0 Å². The van der Waals surface area contributed by atoms with Crippen molar-refractivity contribution in [3.63, 3.8) is 0 Å². The van der Waals surface area contributed by atoms with Crippen molar-refractivity contribution in [1.29, 1.82) is 0 Å². The molecule has 8 heteroatoms. The van der Waals surface area contributed by atoms with Crippen LogP contribution in [0.5, 0.6) is 0 Å². The van der Waals surface area contributed by atoms with Crippen LogP contribution in [0.2, 0.25) is 0 Å². The highest BCUT2D eigenvalue weighted by atomic mass is 16.6. The lowest BCUT2D eigenvalue weighted by Crippen LogP contribution is -2.41. The second-order valence-corrected chi connectivity index (χ2v) is 6.68. The quantitative estimate of drug-likeness (QED) is 0.661. The normalized spacial score (nSPS) is 27.6. The number of amides is 2. The van der Waals surface area contributed by atoms with Crippen LogP contribution < -0.4 is 10.6 Å². The zero-order valence-corrected chi connectivity index (χ0v) is 14.2. The molecule has 2 fully saturated rings. The van der Waals surface area contributed by atoms with Gasteiger partial charge in [0.05, 0.1) is 5.92 Å². The van der Waals surface area contributed by atoms with E-state index in [0.717, 1.165) is 0 Å². The highest BCUT2D eigenvalue weighted by Crippen LogP contribution is 2.26. The standard InChI is InChI=1S/C16H24N2O6/c1-8(2)17-15(21)12-7-10(16(22)24-12)6-9(3)18-14(20)11-4-5-13(19)23-11/h8-12H,4-7H2,1-3H3,(H,17,21)(H,18,20)/t9?,10?,11-,12+/m0/s1. The molecule has 2 amide bonds. The van der Waals surface area contributed by atoms with E-state index in [9.17, 15) is 19.2 Å². The third kappa shape index (κ3) is 4.69. The highest BCUT2D eigenvalue weighted by Gasteiger charge is 2.39. The van der Waals surface area contributed by atoms with E-state index in [1.807, 2.05) is 13.8 Å². The predicted molar refractivity (Wildman–Crippen MR) is 82.6 cm³/mol. The molecule has 2 aliphatic rings. The van der Waals surface area contributed by atoms with Gasteiger partial charge in [-0.3, -0.25) is 19.2 Å². The maximum atomic E-state index is 12.0. The summed E-state index contributed by atoms with van der Waals surface area (Å²) in [4.78, 5) is 46.8. The Bertz CT molecular complexity index is 533. The van der Waals surface area contributed by atoms with Gasteiger partial charge in [0.15, 0.2) is 12.2 Å². The van der Waals surface area contributed by atoms with Crippen molar-refractivity contribution in [2.24, 2.45) is 5.92 Å². The lowest BCUT2D eigenvalue weighted by molar-refractivity contribution is -0.150. The third-order valence-electron chi connectivity index (χ3n) is 4.02. The molecule has 2 unspecified atom stereocenters. The molecule has 24 heavy (non-hydrogen) atoms. The van der Waals surface area contributed by atoms with Gasteiger partial charge in [-0.1, -0.05) is 0 Å². The highest BCUT2D eigenvalue weighted by molar-refractivity contribution is 5.88. The first-order valence-corrected chi connectivity index (χ1v) is 8.27. The molecule has 0 aromatic carbocycles. The van der Waals surface area contributed by atoms with Crippen LogP contribution in [0.1, 0.15) is 46.5 Å². The molecule has 0 radical (unpaired) electrons. The molecule has 0 aromatic heterocycles. The van der Waals surface area contributed by atoms with Crippen molar-refractivity contribution in [2.45, 2.75) is 70.7 Å². The molecule has 8 nitrogen and oxygen atoms in total. The summed E-state index contributed by atoms with van der Waals surface area (Å²) in [5.74, 6) is -1.88. The van der Waals surface area contributed by atoms with Gasteiger partial charge in [-0.05, 0) is 27.2 Å². The Labute approximate surface area is 140 Å². The van der Waals surface area contributed by atoms with Crippen LogP contribution in [0, 0.1) is 5.92 Å². The topological polar surface area (TPSA) is 111 Å². The summed E-state index contributed by atoms with van der Waals surface area (Å²) < 4.78 is 10.0. The van der Waals surface area contributed by atoms with Crippen molar-refractivity contribution >= 4 is 23.8 Å². The van der Waals surface area contributed by atoms with Crippen LogP contribution in [0.15, 0.2) is 0 Å².